The van der Waals surface area contributed by atoms with E-state index in [0.717, 1.165) is 19.4 Å². The highest BCUT2D eigenvalue weighted by Crippen LogP contribution is 2.23. The van der Waals surface area contributed by atoms with Gasteiger partial charge >= 0.3 is 0 Å². The highest BCUT2D eigenvalue weighted by atomic mass is 16.5. The zero-order valence-corrected chi connectivity index (χ0v) is 11.1. The standard InChI is InChI=1S/C15H23NO/c1-11(2)13-6-4-12(5-7-13)10-16-14-8-15(9-14)17-3/h4-7,11,14-16H,8-10H2,1-3H3. The van der Waals surface area contributed by atoms with Crippen LogP contribution in [-0.2, 0) is 11.3 Å². The minimum Gasteiger partial charge on any atom is -0.381 e. The number of hydrogen-bond acceptors (Lipinski definition) is 2. The lowest BCUT2D eigenvalue weighted by Gasteiger charge is -2.34. The van der Waals surface area contributed by atoms with Crippen LogP contribution in [0.3, 0.4) is 0 Å². The number of benzene rings is 1. The van der Waals surface area contributed by atoms with Crippen LogP contribution in [0, 0.1) is 0 Å². The zero-order chi connectivity index (χ0) is 12.3. The molecule has 1 fully saturated rings. The van der Waals surface area contributed by atoms with Crippen molar-refractivity contribution >= 4 is 0 Å². The lowest BCUT2D eigenvalue weighted by atomic mass is 9.89. The highest BCUT2D eigenvalue weighted by Gasteiger charge is 2.28. The van der Waals surface area contributed by atoms with Crippen LogP contribution >= 0.6 is 0 Å². The molecule has 0 amide bonds. The molecule has 0 saturated heterocycles. The maximum absolute atomic E-state index is 5.27. The first-order valence-electron chi connectivity index (χ1n) is 6.54. The molecular weight excluding hydrogens is 210 g/mol. The molecule has 0 unspecified atom stereocenters. The van der Waals surface area contributed by atoms with Gasteiger partial charge in [0.2, 0.25) is 0 Å². The molecule has 0 spiro atoms. The Morgan fingerprint density at radius 3 is 2.41 bits per heavy atom. The number of ether oxygens (including phenoxy) is 1. The van der Waals surface area contributed by atoms with Crippen LogP contribution in [0.2, 0.25) is 0 Å². The first kappa shape index (κ1) is 12.6. The Kier molecular flexibility index (Phi) is 4.19. The van der Waals surface area contributed by atoms with Gasteiger partial charge in [0.25, 0.3) is 0 Å². The molecule has 1 saturated carbocycles. The van der Waals surface area contributed by atoms with Crippen LogP contribution in [0.15, 0.2) is 24.3 Å². The summed E-state index contributed by atoms with van der Waals surface area (Å²) in [5.41, 5.74) is 2.78. The van der Waals surface area contributed by atoms with Gasteiger partial charge in [-0.1, -0.05) is 38.1 Å². The predicted octanol–water partition coefficient (Wildman–Crippen LogP) is 3.08. The summed E-state index contributed by atoms with van der Waals surface area (Å²) in [7, 11) is 1.80. The SMILES string of the molecule is COC1CC(NCc2ccc(C(C)C)cc2)C1. The third kappa shape index (κ3) is 3.30. The Bertz CT molecular complexity index is 338. The van der Waals surface area contributed by atoms with Gasteiger partial charge in [-0.25, -0.2) is 0 Å². The lowest BCUT2D eigenvalue weighted by Crippen LogP contribution is -2.44. The van der Waals surface area contributed by atoms with E-state index in [1.165, 1.54) is 11.1 Å². The molecule has 0 aliphatic heterocycles. The third-order valence-electron chi connectivity index (χ3n) is 3.67. The number of nitrogens with one attached hydrogen (secondary N) is 1. The van der Waals surface area contributed by atoms with Crippen molar-refractivity contribution in [3.63, 3.8) is 0 Å². The Morgan fingerprint density at radius 1 is 1.24 bits per heavy atom. The van der Waals surface area contributed by atoms with E-state index in [2.05, 4.69) is 43.4 Å². The molecule has 2 nitrogen and oxygen atoms in total. The summed E-state index contributed by atoms with van der Waals surface area (Å²) in [4.78, 5) is 0. The molecule has 1 aromatic rings. The van der Waals surface area contributed by atoms with Crippen molar-refractivity contribution in [2.45, 2.75) is 51.3 Å². The summed E-state index contributed by atoms with van der Waals surface area (Å²) < 4.78 is 5.27. The Morgan fingerprint density at radius 2 is 1.88 bits per heavy atom. The van der Waals surface area contributed by atoms with Gasteiger partial charge in [-0.2, -0.15) is 0 Å². The largest absolute Gasteiger partial charge is 0.381 e. The smallest absolute Gasteiger partial charge is 0.0601 e. The first-order valence-corrected chi connectivity index (χ1v) is 6.54. The average Bonchev–Trinajstić information content (AvgIpc) is 2.28. The molecule has 2 rings (SSSR count). The van der Waals surface area contributed by atoms with E-state index in [9.17, 15) is 0 Å². The number of hydrogen-bond donors (Lipinski definition) is 1. The molecule has 2 heteroatoms. The van der Waals surface area contributed by atoms with Gasteiger partial charge in [0, 0.05) is 19.7 Å². The normalized spacial score (nSPS) is 23.8. The first-order chi connectivity index (χ1) is 8.19. The lowest BCUT2D eigenvalue weighted by molar-refractivity contribution is 0.0170. The molecule has 1 aromatic carbocycles. The quantitative estimate of drug-likeness (QED) is 0.844. The van der Waals surface area contributed by atoms with Gasteiger partial charge in [-0.3, -0.25) is 0 Å². The van der Waals surface area contributed by atoms with Crippen molar-refractivity contribution in [2.24, 2.45) is 0 Å². The van der Waals surface area contributed by atoms with E-state index < -0.39 is 0 Å². The third-order valence-corrected chi connectivity index (χ3v) is 3.67. The van der Waals surface area contributed by atoms with Crippen LogP contribution < -0.4 is 5.32 Å². The van der Waals surface area contributed by atoms with Crippen molar-refractivity contribution < 1.29 is 4.74 Å². The molecule has 0 aromatic heterocycles. The van der Waals surface area contributed by atoms with Crippen molar-refractivity contribution in [1.29, 1.82) is 0 Å². The summed E-state index contributed by atoms with van der Waals surface area (Å²) in [6.07, 6.45) is 2.79. The second kappa shape index (κ2) is 5.65. The van der Waals surface area contributed by atoms with E-state index in [1.54, 1.807) is 7.11 Å². The van der Waals surface area contributed by atoms with Crippen LogP contribution in [-0.4, -0.2) is 19.3 Å². The summed E-state index contributed by atoms with van der Waals surface area (Å²) in [5.74, 6) is 0.617. The molecule has 0 bridgehead atoms. The Balaban J connectivity index is 1.76. The summed E-state index contributed by atoms with van der Waals surface area (Å²) in [6.45, 7) is 5.43. The van der Waals surface area contributed by atoms with Gasteiger partial charge in [0.05, 0.1) is 6.10 Å². The van der Waals surface area contributed by atoms with Crippen LogP contribution in [0.25, 0.3) is 0 Å². The molecule has 1 N–H and O–H groups in total. The number of rotatable bonds is 5. The second-order valence-corrected chi connectivity index (χ2v) is 5.30. The van der Waals surface area contributed by atoms with Crippen molar-refractivity contribution in [3.05, 3.63) is 35.4 Å². The van der Waals surface area contributed by atoms with E-state index in [1.807, 2.05) is 0 Å². The molecule has 94 valence electrons. The minimum absolute atomic E-state index is 0.482. The van der Waals surface area contributed by atoms with Gasteiger partial charge in [-0.05, 0) is 29.9 Å². The van der Waals surface area contributed by atoms with Crippen molar-refractivity contribution in [1.82, 2.24) is 5.32 Å². The van der Waals surface area contributed by atoms with E-state index >= 15 is 0 Å². The van der Waals surface area contributed by atoms with Gasteiger partial charge in [0.1, 0.15) is 0 Å². The molecule has 0 radical (unpaired) electrons. The molecule has 1 aliphatic rings. The molecule has 0 heterocycles. The summed E-state index contributed by atoms with van der Waals surface area (Å²) in [5, 5.41) is 3.57. The summed E-state index contributed by atoms with van der Waals surface area (Å²) in [6, 6.07) is 9.58. The maximum Gasteiger partial charge on any atom is 0.0601 e. The van der Waals surface area contributed by atoms with Gasteiger partial charge in [0.15, 0.2) is 0 Å². The fraction of sp³-hybridized carbons (Fsp3) is 0.600. The van der Waals surface area contributed by atoms with Crippen LogP contribution in [0.4, 0.5) is 0 Å². The van der Waals surface area contributed by atoms with Crippen LogP contribution in [0.1, 0.15) is 43.7 Å². The number of methoxy groups -OCH3 is 1. The molecule has 1 aliphatic carbocycles. The van der Waals surface area contributed by atoms with E-state index in [4.69, 9.17) is 4.74 Å². The zero-order valence-electron chi connectivity index (χ0n) is 11.1. The van der Waals surface area contributed by atoms with Gasteiger partial charge < -0.3 is 10.1 Å². The molecular formula is C15H23NO. The molecule has 17 heavy (non-hydrogen) atoms. The maximum atomic E-state index is 5.27. The van der Waals surface area contributed by atoms with E-state index in [0.29, 0.717) is 18.1 Å². The predicted molar refractivity (Wildman–Crippen MR) is 71.2 cm³/mol. The van der Waals surface area contributed by atoms with Crippen molar-refractivity contribution in [2.75, 3.05) is 7.11 Å². The monoisotopic (exact) mass is 233 g/mol. The highest BCUT2D eigenvalue weighted by molar-refractivity contribution is 5.24. The fourth-order valence-corrected chi connectivity index (χ4v) is 2.21. The van der Waals surface area contributed by atoms with Crippen LogP contribution in [0.5, 0.6) is 0 Å². The summed E-state index contributed by atoms with van der Waals surface area (Å²) >= 11 is 0. The Labute approximate surface area is 104 Å². The van der Waals surface area contributed by atoms with E-state index in [-0.39, 0.29) is 0 Å². The minimum atomic E-state index is 0.482. The Hall–Kier alpha value is -0.860. The average molecular weight is 233 g/mol. The van der Waals surface area contributed by atoms with Crippen molar-refractivity contribution in [3.8, 4) is 0 Å². The second-order valence-electron chi connectivity index (χ2n) is 5.30. The topological polar surface area (TPSA) is 21.3 Å². The fourth-order valence-electron chi connectivity index (χ4n) is 2.21. The molecule has 0 atom stereocenters. The van der Waals surface area contributed by atoms with Gasteiger partial charge in [-0.15, -0.1) is 0 Å².